The van der Waals surface area contributed by atoms with Gasteiger partial charge in [0, 0.05) is 38.5 Å². The molecule has 0 saturated carbocycles. The summed E-state index contributed by atoms with van der Waals surface area (Å²) in [5.74, 6) is 0.622. The molecule has 18 heavy (non-hydrogen) atoms. The molecular formula is C14H22N2O2. The summed E-state index contributed by atoms with van der Waals surface area (Å²) >= 11 is 0. The first-order valence-electron chi connectivity index (χ1n) is 6.78. The van der Waals surface area contributed by atoms with E-state index < -0.39 is 0 Å². The van der Waals surface area contributed by atoms with Gasteiger partial charge in [-0.3, -0.25) is 4.79 Å². The van der Waals surface area contributed by atoms with Gasteiger partial charge in [-0.15, -0.1) is 0 Å². The molecule has 1 fully saturated rings. The van der Waals surface area contributed by atoms with Gasteiger partial charge < -0.3 is 14.6 Å². The summed E-state index contributed by atoms with van der Waals surface area (Å²) in [5.41, 5.74) is 0.0708. The first-order chi connectivity index (χ1) is 8.79. The summed E-state index contributed by atoms with van der Waals surface area (Å²) in [4.78, 5) is 14.0. The van der Waals surface area contributed by atoms with Crippen LogP contribution in [0.4, 0.5) is 0 Å². The molecule has 2 heterocycles. The number of nitrogens with zero attached hydrogens (tertiary/aromatic N) is 2. The van der Waals surface area contributed by atoms with Gasteiger partial charge in [-0.05, 0) is 37.8 Å². The maximum atomic E-state index is 11.6. The number of rotatable bonds is 5. The van der Waals surface area contributed by atoms with Gasteiger partial charge in [0.25, 0.3) is 5.56 Å². The third-order valence-electron chi connectivity index (χ3n) is 3.70. The molecule has 100 valence electrons. The fraction of sp³-hybridized carbons (Fsp3) is 0.643. The summed E-state index contributed by atoms with van der Waals surface area (Å²) in [7, 11) is 0. The highest BCUT2D eigenvalue weighted by molar-refractivity contribution is 4.93. The highest BCUT2D eigenvalue weighted by Crippen LogP contribution is 2.18. The molecule has 0 radical (unpaired) electrons. The Morgan fingerprint density at radius 3 is 3.00 bits per heavy atom. The normalized spacial score (nSPS) is 21.1. The summed E-state index contributed by atoms with van der Waals surface area (Å²) in [6.45, 7) is 4.14. The van der Waals surface area contributed by atoms with Gasteiger partial charge in [0.05, 0.1) is 0 Å². The second-order valence-electron chi connectivity index (χ2n) is 5.05. The number of aliphatic hydroxyl groups excluding tert-OH is 1. The van der Waals surface area contributed by atoms with Crippen LogP contribution in [0, 0.1) is 5.92 Å². The zero-order chi connectivity index (χ0) is 12.8. The smallest absolute Gasteiger partial charge is 0.250 e. The topological polar surface area (TPSA) is 45.5 Å². The number of piperidine rings is 1. The molecule has 0 bridgehead atoms. The highest BCUT2D eigenvalue weighted by Gasteiger charge is 2.18. The van der Waals surface area contributed by atoms with Crippen molar-refractivity contribution in [2.75, 3.05) is 26.2 Å². The third-order valence-corrected chi connectivity index (χ3v) is 3.70. The Morgan fingerprint density at radius 1 is 1.33 bits per heavy atom. The molecular weight excluding hydrogens is 228 g/mol. The highest BCUT2D eigenvalue weighted by atomic mass is 16.3. The SMILES string of the molecule is O=c1ccccn1CCN1CCCC(CCO)C1. The summed E-state index contributed by atoms with van der Waals surface area (Å²) in [6.07, 6.45) is 5.18. The average Bonchev–Trinajstić information content (AvgIpc) is 2.39. The molecule has 0 aliphatic carbocycles. The monoisotopic (exact) mass is 250 g/mol. The van der Waals surface area contributed by atoms with Crippen molar-refractivity contribution < 1.29 is 5.11 Å². The van der Waals surface area contributed by atoms with Crippen molar-refractivity contribution in [1.29, 1.82) is 0 Å². The molecule has 4 heteroatoms. The Balaban J connectivity index is 1.83. The van der Waals surface area contributed by atoms with Gasteiger partial charge in [-0.1, -0.05) is 6.07 Å². The van der Waals surface area contributed by atoms with Crippen molar-refractivity contribution in [3.8, 4) is 0 Å². The third kappa shape index (κ3) is 3.68. The summed E-state index contributed by atoms with van der Waals surface area (Å²) in [6, 6.07) is 5.27. The van der Waals surface area contributed by atoms with Crippen molar-refractivity contribution >= 4 is 0 Å². The first kappa shape index (κ1) is 13.3. The molecule has 1 aliphatic heterocycles. The maximum Gasteiger partial charge on any atom is 0.250 e. The predicted octanol–water partition coefficient (Wildman–Crippen LogP) is 0.943. The molecule has 0 spiro atoms. The van der Waals surface area contributed by atoms with Gasteiger partial charge in [0.1, 0.15) is 0 Å². The number of aliphatic hydroxyl groups is 1. The van der Waals surface area contributed by atoms with E-state index in [0.29, 0.717) is 5.92 Å². The van der Waals surface area contributed by atoms with E-state index in [9.17, 15) is 4.79 Å². The minimum absolute atomic E-state index is 0.0708. The van der Waals surface area contributed by atoms with Crippen LogP contribution in [0.2, 0.25) is 0 Å². The minimum atomic E-state index is 0.0708. The lowest BCUT2D eigenvalue weighted by Crippen LogP contribution is -2.38. The largest absolute Gasteiger partial charge is 0.396 e. The number of likely N-dealkylation sites (tertiary alicyclic amines) is 1. The van der Waals surface area contributed by atoms with E-state index in [1.54, 1.807) is 16.7 Å². The molecule has 1 N–H and O–H groups in total. The van der Waals surface area contributed by atoms with Crippen LogP contribution >= 0.6 is 0 Å². The molecule has 1 atom stereocenters. The van der Waals surface area contributed by atoms with E-state index in [1.807, 2.05) is 12.3 Å². The quantitative estimate of drug-likeness (QED) is 0.846. The minimum Gasteiger partial charge on any atom is -0.396 e. The Bertz CT molecular complexity index is 414. The molecule has 1 aromatic rings. The average molecular weight is 250 g/mol. The van der Waals surface area contributed by atoms with Gasteiger partial charge in [0.15, 0.2) is 0 Å². The second kappa shape index (κ2) is 6.71. The van der Waals surface area contributed by atoms with Crippen molar-refractivity contribution in [2.45, 2.75) is 25.8 Å². The zero-order valence-electron chi connectivity index (χ0n) is 10.8. The molecule has 2 rings (SSSR count). The van der Waals surface area contributed by atoms with E-state index in [0.717, 1.165) is 32.6 Å². The van der Waals surface area contributed by atoms with Crippen LogP contribution in [0.5, 0.6) is 0 Å². The maximum absolute atomic E-state index is 11.6. The van der Waals surface area contributed by atoms with E-state index >= 15 is 0 Å². The van der Waals surface area contributed by atoms with E-state index in [1.165, 1.54) is 12.8 Å². The number of pyridine rings is 1. The van der Waals surface area contributed by atoms with Crippen LogP contribution in [0.25, 0.3) is 0 Å². The van der Waals surface area contributed by atoms with Crippen molar-refractivity contribution in [2.24, 2.45) is 5.92 Å². The lowest BCUT2D eigenvalue weighted by molar-refractivity contribution is 0.144. The Labute approximate surface area is 108 Å². The van der Waals surface area contributed by atoms with Crippen LogP contribution in [0.3, 0.4) is 0 Å². The fourth-order valence-corrected chi connectivity index (χ4v) is 2.67. The van der Waals surface area contributed by atoms with Crippen LogP contribution in [0.15, 0.2) is 29.2 Å². The lowest BCUT2D eigenvalue weighted by Gasteiger charge is -2.32. The van der Waals surface area contributed by atoms with E-state index in [4.69, 9.17) is 5.11 Å². The van der Waals surface area contributed by atoms with E-state index in [-0.39, 0.29) is 12.2 Å². The van der Waals surface area contributed by atoms with Gasteiger partial charge in [-0.25, -0.2) is 0 Å². The summed E-state index contributed by atoms with van der Waals surface area (Å²) in [5, 5.41) is 8.99. The van der Waals surface area contributed by atoms with Crippen LogP contribution < -0.4 is 5.56 Å². The summed E-state index contributed by atoms with van der Waals surface area (Å²) < 4.78 is 1.76. The molecule has 1 unspecified atom stereocenters. The standard InChI is InChI=1S/C14H22N2O2/c17-11-6-13-4-3-7-15(12-13)9-10-16-8-2-1-5-14(16)18/h1-2,5,8,13,17H,3-4,6-7,9-12H2. The first-order valence-corrected chi connectivity index (χ1v) is 6.78. The second-order valence-corrected chi connectivity index (χ2v) is 5.05. The molecule has 0 aromatic carbocycles. The number of hydrogen-bond acceptors (Lipinski definition) is 3. The molecule has 4 nitrogen and oxygen atoms in total. The molecule has 1 aromatic heterocycles. The van der Waals surface area contributed by atoms with Crippen LogP contribution in [-0.2, 0) is 6.54 Å². The van der Waals surface area contributed by atoms with Crippen molar-refractivity contribution in [1.82, 2.24) is 9.47 Å². The Hall–Kier alpha value is -1.13. The van der Waals surface area contributed by atoms with Gasteiger partial charge in [0.2, 0.25) is 0 Å². The van der Waals surface area contributed by atoms with Crippen molar-refractivity contribution in [3.63, 3.8) is 0 Å². The molecule has 0 amide bonds. The van der Waals surface area contributed by atoms with Gasteiger partial charge in [-0.2, -0.15) is 0 Å². The van der Waals surface area contributed by atoms with E-state index in [2.05, 4.69) is 4.90 Å². The van der Waals surface area contributed by atoms with Crippen LogP contribution in [0.1, 0.15) is 19.3 Å². The Kier molecular flexibility index (Phi) is 4.96. The molecule has 1 aliphatic rings. The lowest BCUT2D eigenvalue weighted by atomic mass is 9.95. The predicted molar refractivity (Wildman–Crippen MR) is 71.6 cm³/mol. The number of hydrogen-bond donors (Lipinski definition) is 1. The van der Waals surface area contributed by atoms with Gasteiger partial charge >= 0.3 is 0 Å². The van der Waals surface area contributed by atoms with Crippen LogP contribution in [-0.4, -0.2) is 40.8 Å². The Morgan fingerprint density at radius 2 is 2.22 bits per heavy atom. The fourth-order valence-electron chi connectivity index (χ4n) is 2.67. The van der Waals surface area contributed by atoms with Crippen molar-refractivity contribution in [3.05, 3.63) is 34.7 Å². The molecule has 1 saturated heterocycles. The zero-order valence-corrected chi connectivity index (χ0v) is 10.8. The number of aromatic nitrogens is 1.